The molecule has 0 unspecified atom stereocenters. The summed E-state index contributed by atoms with van der Waals surface area (Å²) in [5.74, 6) is -21.9. The van der Waals surface area contributed by atoms with Gasteiger partial charge in [-0.15, -0.1) is 0 Å². The average Bonchev–Trinajstić information content (AvgIpc) is 2.98. The highest BCUT2D eigenvalue weighted by Crippen LogP contribution is 2.51. The Hall–Kier alpha value is -1.68. The summed E-state index contributed by atoms with van der Waals surface area (Å²) in [4.78, 5) is 0. The summed E-state index contributed by atoms with van der Waals surface area (Å²) >= 11 is 0. The zero-order valence-corrected chi connectivity index (χ0v) is 53.1. The molecule has 0 heterocycles. The van der Waals surface area contributed by atoms with Crippen molar-refractivity contribution < 1.29 is 105 Å². The molecule has 0 aliphatic carbocycles. The predicted molar refractivity (Wildman–Crippen MR) is 272 cm³/mol. The molecule has 0 bridgehead atoms. The molecule has 0 nitrogen and oxygen atoms in total. The first-order valence-corrected chi connectivity index (χ1v) is 24.3. The van der Waals surface area contributed by atoms with Crippen LogP contribution in [0.15, 0.2) is 0 Å². The summed E-state index contributed by atoms with van der Waals surface area (Å²) in [6, 6.07) is 0. The Labute approximate surface area is 454 Å². The van der Waals surface area contributed by atoms with Gasteiger partial charge >= 0.3 is 24.2 Å². The summed E-state index contributed by atoms with van der Waals surface area (Å²) in [6.45, 7) is 40.8. The van der Waals surface area contributed by atoms with Gasteiger partial charge in [-0.2, -0.15) is 26.3 Å². The number of halogens is 24. The molecule has 0 saturated heterocycles. The van der Waals surface area contributed by atoms with E-state index in [1.54, 1.807) is 41.5 Å². The van der Waals surface area contributed by atoms with Crippen LogP contribution in [0.3, 0.4) is 0 Å². The molecule has 0 spiro atoms. The van der Waals surface area contributed by atoms with Gasteiger partial charge in [0.2, 0.25) is 17.8 Å². The van der Waals surface area contributed by atoms with Gasteiger partial charge in [-0.1, -0.05) is 132 Å². The fourth-order valence-corrected chi connectivity index (χ4v) is 0.850. The normalized spacial score (nSPS) is 14.5. The highest BCUT2D eigenvalue weighted by Gasteiger charge is 2.55. The zero-order valence-electron chi connectivity index (χ0n) is 53.1. The molecule has 0 aliphatic rings. The van der Waals surface area contributed by atoms with Crippen molar-refractivity contribution in [1.29, 1.82) is 0 Å². The fraction of sp³-hybridized carbons (Fsp3) is 1.00. The molecule has 0 saturated carbocycles. The van der Waals surface area contributed by atoms with Crippen molar-refractivity contribution in [1.82, 2.24) is 0 Å². The third-order valence-electron chi connectivity index (χ3n) is 13.4. The van der Waals surface area contributed by atoms with E-state index in [-0.39, 0.29) is 13.8 Å². The van der Waals surface area contributed by atoms with Crippen LogP contribution in [0.1, 0.15) is 235 Å². The minimum absolute atomic E-state index is 0.188. The Balaban J connectivity index is -0.0000000984. The maximum Gasteiger partial charge on any atom is 0.394 e. The van der Waals surface area contributed by atoms with E-state index in [2.05, 4.69) is 0 Å². The lowest BCUT2D eigenvalue weighted by atomic mass is 9.69. The van der Waals surface area contributed by atoms with Crippen molar-refractivity contribution in [2.45, 2.75) is 312 Å². The molecule has 0 rings (SSSR count). The number of hydrogen-bond acceptors (Lipinski definition) is 0. The van der Waals surface area contributed by atoms with E-state index in [9.17, 15) is 105 Å². The van der Waals surface area contributed by atoms with Crippen LogP contribution in [0.4, 0.5) is 105 Å². The number of alkyl halides is 24. The molecule has 0 atom stereocenters. The lowest BCUT2D eigenvalue weighted by Crippen LogP contribution is -2.43. The number of rotatable bonds is 4. The van der Waals surface area contributed by atoms with Gasteiger partial charge in [0.15, 0.2) is 11.3 Å². The van der Waals surface area contributed by atoms with E-state index < -0.39 is 114 Å². The summed E-state index contributed by atoms with van der Waals surface area (Å²) < 4.78 is 290. The van der Waals surface area contributed by atoms with Crippen molar-refractivity contribution in [2.24, 2.45) is 37.9 Å². The minimum Gasteiger partial charge on any atom is -0.241 e. The molecule has 0 aromatic heterocycles. The van der Waals surface area contributed by atoms with Crippen LogP contribution in [-0.2, 0) is 0 Å². The maximum atomic E-state index is 12.5. The molecule has 0 aromatic carbocycles. The Morgan fingerprint density at radius 1 is 0.128 bits per heavy atom. The molecule has 0 fully saturated rings. The maximum absolute atomic E-state index is 12.5. The van der Waals surface area contributed by atoms with E-state index in [0.717, 1.165) is 48.5 Å². The van der Waals surface area contributed by atoms with E-state index in [1.165, 1.54) is 118 Å². The van der Waals surface area contributed by atoms with Gasteiger partial charge in [-0.05, 0) is 87.0 Å². The Kier molecular flexibility index (Phi) is 36.4. The van der Waals surface area contributed by atoms with Crippen LogP contribution in [0.2, 0.25) is 0 Å². The van der Waals surface area contributed by atoms with Crippen molar-refractivity contribution in [3.05, 3.63) is 0 Å². The predicted octanol–water partition coefficient (Wildman–Crippen LogP) is 24.9. The average molecular weight is 1210 g/mol. The van der Waals surface area contributed by atoms with Crippen molar-refractivity contribution in [3.63, 3.8) is 0 Å². The quantitative estimate of drug-likeness (QED) is 0.246. The van der Waals surface area contributed by atoms with Crippen LogP contribution in [-0.4, -0.2) is 76.5 Å². The second-order valence-corrected chi connectivity index (χ2v) is 27.6. The molecule has 0 N–H and O–H groups in total. The Bertz CT molecular complexity index is 1160. The Morgan fingerprint density at radius 2 is 0.218 bits per heavy atom. The van der Waals surface area contributed by atoms with Gasteiger partial charge in [-0.25, -0.2) is 79.0 Å². The second-order valence-electron chi connectivity index (χ2n) is 27.6. The van der Waals surface area contributed by atoms with Crippen LogP contribution in [0.25, 0.3) is 0 Å². The third-order valence-corrected chi connectivity index (χ3v) is 13.4. The van der Waals surface area contributed by atoms with Gasteiger partial charge in [0.25, 0.3) is 11.8 Å². The first-order chi connectivity index (χ1) is 31.8. The van der Waals surface area contributed by atoms with Gasteiger partial charge < -0.3 is 0 Å². The first-order valence-electron chi connectivity index (χ1n) is 24.3. The monoisotopic (exact) mass is 1210 g/mol. The van der Waals surface area contributed by atoms with E-state index >= 15 is 0 Å². The lowest BCUT2D eigenvalue weighted by molar-refractivity contribution is -0.244. The van der Waals surface area contributed by atoms with Crippen molar-refractivity contribution in [3.8, 4) is 0 Å². The smallest absolute Gasteiger partial charge is 0.241 e. The minimum atomic E-state index is -4.12. The van der Waals surface area contributed by atoms with Gasteiger partial charge in [0, 0.05) is 43.9 Å². The molecule has 486 valence electrons. The van der Waals surface area contributed by atoms with Crippen molar-refractivity contribution in [2.75, 3.05) is 0 Å². The van der Waals surface area contributed by atoms with E-state index in [4.69, 9.17) is 0 Å². The molecule has 78 heavy (non-hydrogen) atoms. The molecule has 24 heteroatoms. The molecule has 0 amide bonds. The fourth-order valence-electron chi connectivity index (χ4n) is 0.850. The van der Waals surface area contributed by atoms with Crippen LogP contribution in [0, 0.1) is 37.9 Å². The second kappa shape index (κ2) is 29.7. The summed E-state index contributed by atoms with van der Waals surface area (Å²) in [5, 5.41) is 0. The van der Waals surface area contributed by atoms with E-state index in [0.29, 0.717) is 13.8 Å². The SMILES string of the molecule is CC(C)(C)C(C)(C)C(F)(F)F.CC(C)(C)C(C)(C)C(F)(F)F.CC(C)(C)C(C)(F)F.CC(C)(C)C(C)(F)F.CC(C)(C)C(C)(F)F.CC(C)(F)C(C)(C)F.CC(C)(F)C(C)(F)F.CC(C)(F)C(C)(F)F.CC(F)(F)C(C)(F)F. The standard InChI is InChI=1S/2C8H15F3.4C6H12F2.2C5H9F3.C4H6F4/c2*1-6(2,3)7(4,5)8(9,10)11;1-5(2,7)6(3,4)8;3*1-5(2,3)6(4,7)8;2*1-4(2,6)5(3,7)8;1-3(5,6)4(2,7)8/h2*1-5H3;4*1-4H3;2*1-3H3;1-2H3. The summed E-state index contributed by atoms with van der Waals surface area (Å²) in [7, 11) is 0. The van der Waals surface area contributed by atoms with Crippen LogP contribution < -0.4 is 0 Å². The van der Waals surface area contributed by atoms with Crippen molar-refractivity contribution >= 4 is 0 Å². The summed E-state index contributed by atoms with van der Waals surface area (Å²) in [6.07, 6.45) is -8.24. The highest BCUT2D eigenvalue weighted by atomic mass is 19.4. The molecular formula is C54H102F24. The van der Waals surface area contributed by atoms with Gasteiger partial charge in [-0.3, -0.25) is 0 Å². The molecule has 0 radical (unpaired) electrons. The topological polar surface area (TPSA) is 0 Å². The van der Waals surface area contributed by atoms with E-state index in [1.807, 2.05) is 0 Å². The van der Waals surface area contributed by atoms with Crippen LogP contribution >= 0.6 is 0 Å². The Morgan fingerprint density at radius 3 is 0.218 bits per heavy atom. The molecule has 0 aliphatic heterocycles. The molecule has 0 aromatic rings. The largest absolute Gasteiger partial charge is 0.394 e. The lowest BCUT2D eigenvalue weighted by Gasteiger charge is -2.40. The third kappa shape index (κ3) is 42.2. The van der Waals surface area contributed by atoms with Crippen LogP contribution in [0.5, 0.6) is 0 Å². The van der Waals surface area contributed by atoms with Gasteiger partial charge in [0.1, 0.15) is 11.3 Å². The molecular weight excluding hydrogens is 1100 g/mol. The number of hydrogen-bond donors (Lipinski definition) is 0. The summed E-state index contributed by atoms with van der Waals surface area (Å²) in [5.41, 5.74) is -15.7. The first kappa shape index (κ1) is 95.5. The highest BCUT2D eigenvalue weighted by molar-refractivity contribution is 4.90. The zero-order chi connectivity index (χ0) is 68.0. The van der Waals surface area contributed by atoms with Gasteiger partial charge in [0.05, 0.1) is 10.8 Å².